The lowest BCUT2D eigenvalue weighted by atomic mass is 9.85. The summed E-state index contributed by atoms with van der Waals surface area (Å²) in [4.78, 5) is 13.4. The summed E-state index contributed by atoms with van der Waals surface area (Å²) in [6, 6.07) is 0. The quantitative estimate of drug-likeness (QED) is 0.609. The van der Waals surface area contributed by atoms with Crippen LogP contribution in [0.3, 0.4) is 0 Å². The molecule has 0 aromatic carbocycles. The molecule has 1 aliphatic carbocycles. The summed E-state index contributed by atoms with van der Waals surface area (Å²) in [5.41, 5.74) is 0. The van der Waals surface area contributed by atoms with Gasteiger partial charge >= 0.3 is 5.97 Å². The van der Waals surface area contributed by atoms with E-state index in [9.17, 15) is 4.79 Å². The maximum Gasteiger partial charge on any atom is 0.320 e. The molecule has 82 valence electrons. The first-order valence-electron chi connectivity index (χ1n) is 5.64. The highest BCUT2D eigenvalue weighted by Gasteiger charge is 2.21. The highest BCUT2D eigenvalue weighted by molar-refractivity contribution is 5.71. The van der Waals surface area contributed by atoms with Crippen LogP contribution in [-0.4, -0.2) is 37.1 Å². The van der Waals surface area contributed by atoms with Crippen LogP contribution in [0.25, 0.3) is 0 Å². The second kappa shape index (κ2) is 6.02. The normalized spacial score (nSPS) is 16.8. The molecule has 0 aromatic rings. The number of nitrogens with zero attached hydrogens (tertiary/aromatic N) is 1. The van der Waals surface area contributed by atoms with Gasteiger partial charge in [0, 0.05) is 6.54 Å². The van der Waals surface area contributed by atoms with Crippen LogP contribution in [0, 0.1) is 5.92 Å². The molecule has 0 amide bonds. The predicted octanol–water partition coefficient (Wildman–Crippen LogP) is 1.67. The molecule has 1 fully saturated rings. The number of hydrogen-bond donors (Lipinski definition) is 0. The van der Waals surface area contributed by atoms with E-state index in [-0.39, 0.29) is 5.97 Å². The van der Waals surface area contributed by atoms with Crippen LogP contribution in [0.15, 0.2) is 0 Å². The third-order valence-electron chi connectivity index (χ3n) is 2.85. The third kappa shape index (κ3) is 3.66. The minimum absolute atomic E-state index is 0.0892. The van der Waals surface area contributed by atoms with Gasteiger partial charge in [0.05, 0.1) is 13.2 Å². The van der Waals surface area contributed by atoms with Gasteiger partial charge in [-0.25, -0.2) is 0 Å². The van der Waals surface area contributed by atoms with Gasteiger partial charge in [-0.1, -0.05) is 13.3 Å². The Hall–Kier alpha value is -0.570. The molecule has 0 saturated heterocycles. The molecular formula is C11H21NO2. The lowest BCUT2D eigenvalue weighted by Gasteiger charge is -2.31. The van der Waals surface area contributed by atoms with Gasteiger partial charge in [-0.05, 0) is 32.2 Å². The number of esters is 1. The molecule has 0 spiro atoms. The number of likely N-dealkylation sites (N-methyl/N-ethyl adjacent to an activating group) is 1. The second-order valence-corrected chi connectivity index (χ2v) is 3.93. The number of rotatable bonds is 6. The molecule has 1 aliphatic rings. The Morgan fingerprint density at radius 2 is 2.14 bits per heavy atom. The van der Waals surface area contributed by atoms with Crippen LogP contribution in [-0.2, 0) is 9.53 Å². The predicted molar refractivity (Wildman–Crippen MR) is 56.1 cm³/mol. The molecule has 0 N–H and O–H groups in total. The van der Waals surface area contributed by atoms with E-state index in [0.717, 1.165) is 19.0 Å². The van der Waals surface area contributed by atoms with Crippen molar-refractivity contribution in [2.75, 3.05) is 26.2 Å². The molecule has 0 aliphatic heterocycles. The van der Waals surface area contributed by atoms with Gasteiger partial charge in [0.2, 0.25) is 0 Å². The van der Waals surface area contributed by atoms with Crippen molar-refractivity contribution in [3.63, 3.8) is 0 Å². The van der Waals surface area contributed by atoms with Gasteiger partial charge in [-0.15, -0.1) is 0 Å². The summed E-state index contributed by atoms with van der Waals surface area (Å²) < 4.78 is 4.93. The van der Waals surface area contributed by atoms with Crippen LogP contribution < -0.4 is 0 Å². The van der Waals surface area contributed by atoms with Crippen molar-refractivity contribution in [2.45, 2.75) is 33.1 Å². The zero-order chi connectivity index (χ0) is 10.4. The van der Waals surface area contributed by atoms with Crippen LogP contribution >= 0.6 is 0 Å². The Bertz CT molecular complexity index is 178. The Morgan fingerprint density at radius 3 is 2.57 bits per heavy atom. The van der Waals surface area contributed by atoms with Gasteiger partial charge in [-0.2, -0.15) is 0 Å². The number of carbonyl (C=O) groups excluding carboxylic acids is 1. The van der Waals surface area contributed by atoms with E-state index < -0.39 is 0 Å². The fourth-order valence-corrected chi connectivity index (χ4v) is 1.74. The summed E-state index contributed by atoms with van der Waals surface area (Å²) >= 11 is 0. The molecule has 0 unspecified atom stereocenters. The maximum absolute atomic E-state index is 11.2. The van der Waals surface area contributed by atoms with Crippen LogP contribution in [0.1, 0.15) is 33.1 Å². The molecule has 1 saturated carbocycles. The molecule has 0 bridgehead atoms. The minimum Gasteiger partial charge on any atom is -0.465 e. The summed E-state index contributed by atoms with van der Waals surface area (Å²) in [6.45, 7) is 6.89. The monoisotopic (exact) mass is 199 g/mol. The summed E-state index contributed by atoms with van der Waals surface area (Å²) in [7, 11) is 0. The zero-order valence-corrected chi connectivity index (χ0v) is 9.29. The Morgan fingerprint density at radius 1 is 1.43 bits per heavy atom. The van der Waals surface area contributed by atoms with Gasteiger partial charge in [0.15, 0.2) is 0 Å². The van der Waals surface area contributed by atoms with E-state index >= 15 is 0 Å². The maximum atomic E-state index is 11.2. The second-order valence-electron chi connectivity index (χ2n) is 3.93. The van der Waals surface area contributed by atoms with Crippen molar-refractivity contribution in [1.82, 2.24) is 4.90 Å². The van der Waals surface area contributed by atoms with Crippen molar-refractivity contribution in [1.29, 1.82) is 0 Å². The smallest absolute Gasteiger partial charge is 0.320 e. The van der Waals surface area contributed by atoms with E-state index in [1.54, 1.807) is 0 Å². The fraction of sp³-hybridized carbons (Fsp3) is 0.909. The molecule has 14 heavy (non-hydrogen) atoms. The number of ether oxygens (including phenoxy) is 1. The standard InChI is InChI=1S/C11H21NO2/c1-3-12(8-10-6-5-7-10)9-11(13)14-4-2/h10H,3-9H2,1-2H3. The molecule has 0 aromatic heterocycles. The average Bonchev–Trinajstić information content (AvgIpc) is 2.09. The molecule has 0 heterocycles. The molecule has 1 rings (SSSR count). The average molecular weight is 199 g/mol. The Kier molecular flexibility index (Phi) is 4.94. The fourth-order valence-electron chi connectivity index (χ4n) is 1.74. The molecule has 3 nitrogen and oxygen atoms in total. The highest BCUT2D eigenvalue weighted by atomic mass is 16.5. The number of hydrogen-bond acceptors (Lipinski definition) is 3. The van der Waals surface area contributed by atoms with Crippen molar-refractivity contribution in [2.24, 2.45) is 5.92 Å². The first kappa shape index (κ1) is 11.5. The first-order valence-corrected chi connectivity index (χ1v) is 5.64. The van der Waals surface area contributed by atoms with Crippen molar-refractivity contribution in [3.05, 3.63) is 0 Å². The van der Waals surface area contributed by atoms with E-state index in [4.69, 9.17) is 4.74 Å². The molecular weight excluding hydrogens is 178 g/mol. The van der Waals surface area contributed by atoms with Crippen LogP contribution in [0.4, 0.5) is 0 Å². The summed E-state index contributed by atoms with van der Waals surface area (Å²) in [5, 5.41) is 0. The minimum atomic E-state index is -0.0892. The summed E-state index contributed by atoms with van der Waals surface area (Å²) in [5.74, 6) is 0.734. The van der Waals surface area contributed by atoms with E-state index in [1.165, 1.54) is 19.3 Å². The van der Waals surface area contributed by atoms with Crippen molar-refractivity contribution in [3.8, 4) is 0 Å². The summed E-state index contributed by atoms with van der Waals surface area (Å²) in [6.07, 6.45) is 4.03. The zero-order valence-electron chi connectivity index (χ0n) is 9.29. The van der Waals surface area contributed by atoms with Crippen LogP contribution in [0.5, 0.6) is 0 Å². The van der Waals surface area contributed by atoms with Crippen LogP contribution in [0.2, 0.25) is 0 Å². The topological polar surface area (TPSA) is 29.5 Å². The Labute approximate surface area is 86.4 Å². The van der Waals surface area contributed by atoms with E-state index in [1.807, 2.05) is 6.92 Å². The lowest BCUT2D eigenvalue weighted by Crippen LogP contribution is -2.36. The van der Waals surface area contributed by atoms with Crippen molar-refractivity contribution >= 4 is 5.97 Å². The number of carbonyl (C=O) groups is 1. The van der Waals surface area contributed by atoms with Gasteiger partial charge in [0.25, 0.3) is 0 Å². The molecule has 3 heteroatoms. The lowest BCUT2D eigenvalue weighted by molar-refractivity contribution is -0.144. The highest BCUT2D eigenvalue weighted by Crippen LogP contribution is 2.26. The van der Waals surface area contributed by atoms with E-state index in [2.05, 4.69) is 11.8 Å². The van der Waals surface area contributed by atoms with Gasteiger partial charge < -0.3 is 4.74 Å². The van der Waals surface area contributed by atoms with Gasteiger partial charge in [-0.3, -0.25) is 9.69 Å². The SMILES string of the molecule is CCOC(=O)CN(CC)CC1CCC1. The third-order valence-corrected chi connectivity index (χ3v) is 2.85. The molecule has 0 atom stereocenters. The first-order chi connectivity index (χ1) is 6.76. The van der Waals surface area contributed by atoms with Crippen molar-refractivity contribution < 1.29 is 9.53 Å². The Balaban J connectivity index is 2.19. The molecule has 0 radical (unpaired) electrons. The van der Waals surface area contributed by atoms with Gasteiger partial charge in [0.1, 0.15) is 0 Å². The largest absolute Gasteiger partial charge is 0.465 e. The van der Waals surface area contributed by atoms with E-state index in [0.29, 0.717) is 13.2 Å².